The van der Waals surface area contributed by atoms with Crippen LogP contribution in [0.1, 0.15) is 23.1 Å². The zero-order valence-electron chi connectivity index (χ0n) is 17.0. The lowest BCUT2D eigenvalue weighted by Crippen LogP contribution is -2.19. The summed E-state index contributed by atoms with van der Waals surface area (Å²) in [4.78, 5) is 12.2. The van der Waals surface area contributed by atoms with Crippen molar-refractivity contribution in [3.8, 4) is 11.5 Å². The third-order valence-electron chi connectivity index (χ3n) is 4.74. The van der Waals surface area contributed by atoms with Crippen LogP contribution in [0.5, 0.6) is 11.5 Å². The largest absolute Gasteiger partial charge is 0.493 e. The van der Waals surface area contributed by atoms with E-state index in [-0.39, 0.29) is 5.91 Å². The van der Waals surface area contributed by atoms with Gasteiger partial charge in [0, 0.05) is 30.1 Å². The van der Waals surface area contributed by atoms with E-state index < -0.39 is 0 Å². The highest BCUT2D eigenvalue weighted by Gasteiger charge is 2.11. The lowest BCUT2D eigenvalue weighted by molar-refractivity contribution is -0.121. The third-order valence-corrected chi connectivity index (χ3v) is 5.02. The van der Waals surface area contributed by atoms with E-state index in [1.54, 1.807) is 12.1 Å². The van der Waals surface area contributed by atoms with E-state index in [2.05, 4.69) is 47.3 Å². The molecular formula is C22H24ClN3O3. The Hall–Kier alpha value is -2.99. The first-order chi connectivity index (χ1) is 13.9. The van der Waals surface area contributed by atoms with Crippen molar-refractivity contribution >= 4 is 34.6 Å². The zero-order valence-corrected chi connectivity index (χ0v) is 17.7. The number of amides is 1. The van der Waals surface area contributed by atoms with E-state index in [1.807, 2.05) is 6.07 Å². The fourth-order valence-electron chi connectivity index (χ4n) is 3.43. The zero-order chi connectivity index (χ0) is 21.0. The fourth-order valence-corrected chi connectivity index (χ4v) is 3.72. The molecule has 0 bridgehead atoms. The molecule has 1 N–H and O–H groups in total. The smallest absolute Gasteiger partial charge is 0.241 e. The van der Waals surface area contributed by atoms with E-state index in [0.29, 0.717) is 35.1 Å². The van der Waals surface area contributed by atoms with Crippen LogP contribution in [0, 0.1) is 13.8 Å². The molecule has 0 aliphatic rings. The number of aryl methyl sites for hydroxylation is 3. The lowest BCUT2D eigenvalue weighted by atomic mass is 10.1. The molecule has 0 atom stereocenters. The summed E-state index contributed by atoms with van der Waals surface area (Å²) in [5.41, 5.74) is 6.83. The Morgan fingerprint density at radius 3 is 2.72 bits per heavy atom. The van der Waals surface area contributed by atoms with Gasteiger partial charge in [-0.3, -0.25) is 4.79 Å². The van der Waals surface area contributed by atoms with Gasteiger partial charge in [-0.2, -0.15) is 5.10 Å². The van der Waals surface area contributed by atoms with E-state index in [0.717, 1.165) is 5.52 Å². The lowest BCUT2D eigenvalue weighted by Gasteiger charge is -2.10. The summed E-state index contributed by atoms with van der Waals surface area (Å²) in [5, 5.41) is 5.67. The second kappa shape index (κ2) is 9.01. The van der Waals surface area contributed by atoms with Crippen LogP contribution < -0.4 is 14.9 Å². The summed E-state index contributed by atoms with van der Waals surface area (Å²) in [6, 6.07) is 9.63. The number of hydrazone groups is 1. The molecule has 29 heavy (non-hydrogen) atoms. The van der Waals surface area contributed by atoms with Crippen molar-refractivity contribution in [3.05, 3.63) is 58.2 Å². The molecule has 0 fully saturated rings. The van der Waals surface area contributed by atoms with Crippen molar-refractivity contribution in [3.63, 3.8) is 0 Å². The number of aromatic nitrogens is 1. The molecule has 0 radical (unpaired) electrons. The Morgan fingerprint density at radius 2 is 2.00 bits per heavy atom. The number of carbonyl (C=O) groups excluding carboxylic acids is 1. The van der Waals surface area contributed by atoms with Crippen LogP contribution in [0.2, 0.25) is 5.02 Å². The molecule has 1 amide bonds. The summed E-state index contributed by atoms with van der Waals surface area (Å²) in [7, 11) is 3.06. The summed E-state index contributed by atoms with van der Waals surface area (Å²) >= 11 is 6.18. The molecule has 3 rings (SSSR count). The Kier molecular flexibility index (Phi) is 6.44. The van der Waals surface area contributed by atoms with Crippen molar-refractivity contribution in [1.82, 2.24) is 9.99 Å². The van der Waals surface area contributed by atoms with Gasteiger partial charge in [-0.1, -0.05) is 23.7 Å². The second-order valence-electron chi connectivity index (χ2n) is 6.76. The first kappa shape index (κ1) is 20.7. The highest BCUT2D eigenvalue weighted by molar-refractivity contribution is 6.32. The second-order valence-corrected chi connectivity index (χ2v) is 7.16. The minimum atomic E-state index is -0.167. The number of benzene rings is 2. The van der Waals surface area contributed by atoms with Crippen molar-refractivity contribution < 1.29 is 14.3 Å². The number of ether oxygens (including phenoxy) is 2. The van der Waals surface area contributed by atoms with Gasteiger partial charge in [-0.05, 0) is 48.7 Å². The van der Waals surface area contributed by atoms with Gasteiger partial charge in [0.1, 0.15) is 0 Å². The Bertz CT molecular complexity index is 1070. The van der Waals surface area contributed by atoms with Crippen LogP contribution in [0.4, 0.5) is 0 Å². The topological polar surface area (TPSA) is 64.8 Å². The van der Waals surface area contributed by atoms with Crippen LogP contribution in [0.15, 0.2) is 41.6 Å². The average molecular weight is 414 g/mol. The molecular weight excluding hydrogens is 390 g/mol. The van der Waals surface area contributed by atoms with Gasteiger partial charge in [0.05, 0.1) is 25.5 Å². The first-order valence-corrected chi connectivity index (χ1v) is 9.61. The summed E-state index contributed by atoms with van der Waals surface area (Å²) in [5.74, 6) is 0.790. The van der Waals surface area contributed by atoms with Crippen molar-refractivity contribution in [2.45, 2.75) is 26.8 Å². The predicted octanol–water partition coefficient (Wildman–Crippen LogP) is 4.47. The molecule has 152 valence electrons. The van der Waals surface area contributed by atoms with Crippen molar-refractivity contribution in [1.29, 1.82) is 0 Å². The molecule has 0 spiro atoms. The SMILES string of the molecule is COc1cc(/C=N\NC(=O)CCn2cc(C)c3c(C)cccc32)cc(Cl)c1OC. The molecule has 7 heteroatoms. The summed E-state index contributed by atoms with van der Waals surface area (Å²) in [6.07, 6.45) is 3.92. The molecule has 1 heterocycles. The van der Waals surface area contributed by atoms with Crippen LogP contribution in [0.3, 0.4) is 0 Å². The van der Waals surface area contributed by atoms with Crippen LogP contribution >= 0.6 is 11.6 Å². The van der Waals surface area contributed by atoms with Gasteiger partial charge in [-0.25, -0.2) is 5.43 Å². The predicted molar refractivity (Wildman–Crippen MR) is 116 cm³/mol. The number of hydrogen-bond acceptors (Lipinski definition) is 4. The Balaban J connectivity index is 1.62. The minimum absolute atomic E-state index is 0.167. The van der Waals surface area contributed by atoms with Crippen LogP contribution in [-0.2, 0) is 11.3 Å². The van der Waals surface area contributed by atoms with Gasteiger partial charge in [-0.15, -0.1) is 0 Å². The van der Waals surface area contributed by atoms with Crippen LogP contribution in [0.25, 0.3) is 10.9 Å². The number of nitrogens with zero attached hydrogens (tertiary/aromatic N) is 2. The molecule has 1 aromatic heterocycles. The standard InChI is InChI=1S/C22H24ClN3O3/c1-14-6-5-7-18-21(14)15(2)13-26(18)9-8-20(27)25-24-12-16-10-17(23)22(29-4)19(11-16)28-3/h5-7,10-13H,8-9H2,1-4H3,(H,25,27)/b24-12-. The molecule has 0 unspecified atom stereocenters. The molecule has 0 aliphatic heterocycles. The third kappa shape index (κ3) is 4.54. The fraction of sp³-hybridized carbons (Fsp3) is 0.273. The van der Waals surface area contributed by atoms with Gasteiger partial charge in [0.2, 0.25) is 5.91 Å². The number of halogens is 1. The highest BCUT2D eigenvalue weighted by atomic mass is 35.5. The van der Waals surface area contributed by atoms with E-state index in [4.69, 9.17) is 21.1 Å². The molecule has 0 saturated carbocycles. The minimum Gasteiger partial charge on any atom is -0.493 e. The molecule has 3 aromatic rings. The quantitative estimate of drug-likeness (QED) is 0.459. The number of nitrogens with one attached hydrogen (secondary N) is 1. The van der Waals surface area contributed by atoms with E-state index >= 15 is 0 Å². The maximum atomic E-state index is 12.2. The normalized spacial score (nSPS) is 11.2. The van der Waals surface area contributed by atoms with Gasteiger partial charge in [0.25, 0.3) is 0 Å². The van der Waals surface area contributed by atoms with Crippen molar-refractivity contribution in [2.75, 3.05) is 14.2 Å². The summed E-state index contributed by atoms with van der Waals surface area (Å²) in [6.45, 7) is 4.77. The number of hydrogen-bond donors (Lipinski definition) is 1. The maximum Gasteiger partial charge on any atom is 0.241 e. The van der Waals surface area contributed by atoms with E-state index in [9.17, 15) is 4.79 Å². The van der Waals surface area contributed by atoms with Crippen LogP contribution in [-0.4, -0.2) is 30.9 Å². The van der Waals surface area contributed by atoms with Crippen molar-refractivity contribution in [2.24, 2.45) is 5.10 Å². The molecule has 6 nitrogen and oxygen atoms in total. The highest BCUT2D eigenvalue weighted by Crippen LogP contribution is 2.35. The monoisotopic (exact) mass is 413 g/mol. The Morgan fingerprint density at radius 1 is 1.21 bits per heavy atom. The van der Waals surface area contributed by atoms with Gasteiger partial charge >= 0.3 is 0 Å². The Labute approximate surface area is 175 Å². The number of fused-ring (bicyclic) bond motifs is 1. The van der Waals surface area contributed by atoms with Gasteiger partial charge in [0.15, 0.2) is 11.5 Å². The van der Waals surface area contributed by atoms with E-state index in [1.165, 1.54) is 36.9 Å². The molecule has 0 saturated heterocycles. The number of rotatable bonds is 7. The summed E-state index contributed by atoms with van der Waals surface area (Å²) < 4.78 is 12.6. The molecule has 0 aliphatic carbocycles. The average Bonchev–Trinajstić information content (AvgIpc) is 3.03. The maximum absolute atomic E-state index is 12.2. The molecule has 2 aromatic carbocycles. The number of carbonyl (C=O) groups is 1. The number of methoxy groups -OCH3 is 2. The first-order valence-electron chi connectivity index (χ1n) is 9.23. The van der Waals surface area contributed by atoms with Gasteiger partial charge < -0.3 is 14.0 Å².